The Labute approximate surface area is 113 Å². The Kier molecular flexibility index (Phi) is 4.55. The fourth-order valence-electron chi connectivity index (χ4n) is 2.51. The van der Waals surface area contributed by atoms with Gasteiger partial charge in [-0.1, -0.05) is 6.92 Å². The van der Waals surface area contributed by atoms with Crippen LogP contribution in [0.25, 0.3) is 0 Å². The van der Waals surface area contributed by atoms with E-state index < -0.39 is 0 Å². The highest BCUT2D eigenvalue weighted by molar-refractivity contribution is 5.56. The smallest absolute Gasteiger partial charge is 0.148 e. The van der Waals surface area contributed by atoms with E-state index in [-0.39, 0.29) is 6.10 Å². The summed E-state index contributed by atoms with van der Waals surface area (Å²) in [6.45, 7) is 4.80. The summed E-state index contributed by atoms with van der Waals surface area (Å²) < 4.78 is 0. The molecule has 1 aromatic rings. The number of aliphatic hydroxyl groups excluding tert-OH is 1. The number of hydrogen-bond acceptors (Lipinski definition) is 6. The first-order valence-corrected chi connectivity index (χ1v) is 6.90. The van der Waals surface area contributed by atoms with Crippen LogP contribution in [0.3, 0.4) is 0 Å². The van der Waals surface area contributed by atoms with Crippen LogP contribution in [-0.2, 0) is 6.42 Å². The standard InChI is InChI=1S/C13H23N5O/c1-3-11-16-12(8(2)13(17-11)18-14)15-7-9-4-5-10(19)6-9/h9-10,19H,3-7,14H2,1-2H3,(H2,15,16,17,18). The van der Waals surface area contributed by atoms with Crippen molar-refractivity contribution in [1.82, 2.24) is 9.97 Å². The third-order valence-electron chi connectivity index (χ3n) is 3.72. The Hall–Kier alpha value is -1.40. The number of aliphatic hydroxyl groups is 1. The molecule has 1 heterocycles. The van der Waals surface area contributed by atoms with Crippen LogP contribution in [0.5, 0.6) is 0 Å². The minimum absolute atomic E-state index is 0.134. The lowest BCUT2D eigenvalue weighted by molar-refractivity contribution is 0.178. The van der Waals surface area contributed by atoms with E-state index in [1.165, 1.54) is 0 Å². The lowest BCUT2D eigenvalue weighted by Gasteiger charge is -2.15. The van der Waals surface area contributed by atoms with Crippen LogP contribution in [-0.4, -0.2) is 27.7 Å². The second-order valence-electron chi connectivity index (χ2n) is 5.17. The van der Waals surface area contributed by atoms with E-state index in [0.717, 1.165) is 49.4 Å². The molecular weight excluding hydrogens is 242 g/mol. The zero-order chi connectivity index (χ0) is 13.8. The van der Waals surface area contributed by atoms with Crippen molar-refractivity contribution in [2.75, 3.05) is 17.3 Å². The van der Waals surface area contributed by atoms with Crippen molar-refractivity contribution < 1.29 is 5.11 Å². The Bertz CT molecular complexity index is 437. The first kappa shape index (κ1) is 14.0. The number of nitrogens with two attached hydrogens (primary N) is 1. The van der Waals surface area contributed by atoms with Gasteiger partial charge in [-0.3, -0.25) is 0 Å². The van der Waals surface area contributed by atoms with E-state index in [9.17, 15) is 5.11 Å². The lowest BCUT2D eigenvalue weighted by Crippen LogP contribution is -2.18. The van der Waals surface area contributed by atoms with Gasteiger partial charge in [0.25, 0.3) is 0 Å². The maximum absolute atomic E-state index is 9.54. The number of nitrogen functional groups attached to an aromatic ring is 1. The molecule has 2 rings (SSSR count). The maximum Gasteiger partial charge on any atom is 0.148 e. The summed E-state index contributed by atoms with van der Waals surface area (Å²) in [5.74, 6) is 8.27. The highest BCUT2D eigenvalue weighted by atomic mass is 16.3. The fourth-order valence-corrected chi connectivity index (χ4v) is 2.51. The summed E-state index contributed by atoms with van der Waals surface area (Å²) in [6, 6.07) is 0. The number of aromatic nitrogens is 2. The van der Waals surface area contributed by atoms with Crippen molar-refractivity contribution in [1.29, 1.82) is 0 Å². The van der Waals surface area contributed by atoms with Gasteiger partial charge < -0.3 is 15.8 Å². The van der Waals surface area contributed by atoms with E-state index in [1.807, 2.05) is 13.8 Å². The molecule has 0 amide bonds. The van der Waals surface area contributed by atoms with Gasteiger partial charge in [0.2, 0.25) is 0 Å². The topological polar surface area (TPSA) is 96.1 Å². The minimum atomic E-state index is -0.134. The molecule has 2 unspecified atom stereocenters. The van der Waals surface area contributed by atoms with E-state index in [1.54, 1.807) is 0 Å². The van der Waals surface area contributed by atoms with Gasteiger partial charge in [-0.15, -0.1) is 0 Å². The minimum Gasteiger partial charge on any atom is -0.393 e. The van der Waals surface area contributed by atoms with Gasteiger partial charge in [0.05, 0.1) is 6.10 Å². The SMILES string of the molecule is CCc1nc(NN)c(C)c(NCC2CCC(O)C2)n1. The third-order valence-corrected chi connectivity index (χ3v) is 3.72. The van der Waals surface area contributed by atoms with Crippen LogP contribution in [0.4, 0.5) is 11.6 Å². The van der Waals surface area contributed by atoms with Crippen LogP contribution in [0.2, 0.25) is 0 Å². The summed E-state index contributed by atoms with van der Waals surface area (Å²) in [4.78, 5) is 8.83. The molecule has 19 heavy (non-hydrogen) atoms. The van der Waals surface area contributed by atoms with Gasteiger partial charge in [0, 0.05) is 18.5 Å². The Morgan fingerprint density at radius 1 is 1.32 bits per heavy atom. The van der Waals surface area contributed by atoms with Crippen molar-refractivity contribution in [3.8, 4) is 0 Å². The maximum atomic E-state index is 9.54. The number of hydrazine groups is 1. The quantitative estimate of drug-likeness (QED) is 0.472. The van der Waals surface area contributed by atoms with Crippen LogP contribution >= 0.6 is 0 Å². The van der Waals surface area contributed by atoms with Crippen LogP contribution < -0.4 is 16.6 Å². The number of hydrogen-bond donors (Lipinski definition) is 4. The molecule has 1 aliphatic carbocycles. The Morgan fingerprint density at radius 2 is 2.05 bits per heavy atom. The first-order valence-electron chi connectivity index (χ1n) is 6.90. The predicted molar refractivity (Wildman–Crippen MR) is 75.8 cm³/mol. The molecule has 6 heteroatoms. The van der Waals surface area contributed by atoms with E-state index >= 15 is 0 Å². The summed E-state index contributed by atoms with van der Waals surface area (Å²) in [7, 11) is 0. The van der Waals surface area contributed by atoms with Crippen LogP contribution in [0.1, 0.15) is 37.6 Å². The normalized spacial score (nSPS) is 22.5. The van der Waals surface area contributed by atoms with Gasteiger partial charge in [0.15, 0.2) is 0 Å². The Balaban J connectivity index is 2.06. The zero-order valence-corrected chi connectivity index (χ0v) is 11.6. The highest BCUT2D eigenvalue weighted by Crippen LogP contribution is 2.26. The molecular formula is C13H23N5O. The molecule has 6 nitrogen and oxygen atoms in total. The summed E-state index contributed by atoms with van der Waals surface area (Å²) in [6.07, 6.45) is 3.49. The van der Waals surface area contributed by atoms with Gasteiger partial charge in [-0.2, -0.15) is 0 Å². The van der Waals surface area contributed by atoms with Crippen LogP contribution in [0.15, 0.2) is 0 Å². The van der Waals surface area contributed by atoms with E-state index in [2.05, 4.69) is 20.7 Å². The molecule has 0 aliphatic heterocycles. The van der Waals surface area contributed by atoms with Gasteiger partial charge in [0.1, 0.15) is 17.5 Å². The molecule has 0 bridgehead atoms. The average Bonchev–Trinajstić information content (AvgIpc) is 2.83. The molecule has 0 aromatic carbocycles. The number of anilines is 2. The zero-order valence-electron chi connectivity index (χ0n) is 11.6. The number of aryl methyl sites for hydroxylation is 1. The molecule has 1 aromatic heterocycles. The largest absolute Gasteiger partial charge is 0.393 e. The lowest BCUT2D eigenvalue weighted by atomic mass is 10.1. The molecule has 1 fully saturated rings. The molecule has 106 valence electrons. The number of nitrogens with zero attached hydrogens (tertiary/aromatic N) is 2. The van der Waals surface area contributed by atoms with Crippen molar-refractivity contribution >= 4 is 11.6 Å². The molecule has 1 aliphatic rings. The second kappa shape index (κ2) is 6.16. The van der Waals surface area contributed by atoms with Crippen molar-refractivity contribution in [2.45, 2.75) is 45.6 Å². The second-order valence-corrected chi connectivity index (χ2v) is 5.17. The molecule has 2 atom stereocenters. The number of rotatable bonds is 5. The van der Waals surface area contributed by atoms with Crippen molar-refractivity contribution in [2.24, 2.45) is 11.8 Å². The van der Waals surface area contributed by atoms with E-state index in [4.69, 9.17) is 5.84 Å². The fraction of sp³-hybridized carbons (Fsp3) is 0.692. The number of nitrogens with one attached hydrogen (secondary N) is 2. The highest BCUT2D eigenvalue weighted by Gasteiger charge is 2.22. The average molecular weight is 265 g/mol. The summed E-state index contributed by atoms with van der Waals surface area (Å²) in [5, 5.41) is 12.9. The summed E-state index contributed by atoms with van der Waals surface area (Å²) >= 11 is 0. The van der Waals surface area contributed by atoms with Crippen LogP contribution in [0, 0.1) is 12.8 Å². The van der Waals surface area contributed by atoms with Gasteiger partial charge in [-0.05, 0) is 32.1 Å². The predicted octanol–water partition coefficient (Wildman–Crippen LogP) is 1.21. The molecule has 0 spiro atoms. The molecule has 0 saturated heterocycles. The van der Waals surface area contributed by atoms with Crippen molar-refractivity contribution in [3.63, 3.8) is 0 Å². The molecule has 1 saturated carbocycles. The summed E-state index contributed by atoms with van der Waals surface area (Å²) in [5.41, 5.74) is 3.54. The van der Waals surface area contributed by atoms with Gasteiger partial charge >= 0.3 is 0 Å². The third kappa shape index (κ3) is 3.33. The van der Waals surface area contributed by atoms with Gasteiger partial charge in [-0.25, -0.2) is 15.8 Å². The van der Waals surface area contributed by atoms with E-state index in [0.29, 0.717) is 11.7 Å². The monoisotopic (exact) mass is 265 g/mol. The van der Waals surface area contributed by atoms with Crippen molar-refractivity contribution in [3.05, 3.63) is 11.4 Å². The molecule has 0 radical (unpaired) electrons. The first-order chi connectivity index (χ1) is 9.13. The Morgan fingerprint density at radius 3 is 2.63 bits per heavy atom. The molecule has 5 N–H and O–H groups in total.